The molecule has 0 radical (unpaired) electrons. The minimum Gasteiger partial charge on any atom is -0.325 e. The number of aromatic nitrogens is 2. The highest BCUT2D eigenvalue weighted by Gasteiger charge is 2.28. The molecule has 0 atom stereocenters. The first kappa shape index (κ1) is 17.2. The normalized spacial score (nSPS) is 11.7. The molecule has 124 valence electrons. The van der Waals surface area contributed by atoms with Gasteiger partial charge in [0.15, 0.2) is 0 Å². The first-order chi connectivity index (χ1) is 10.7. The van der Waals surface area contributed by atoms with E-state index in [1.807, 2.05) is 19.1 Å². The minimum absolute atomic E-state index is 0.114. The fraction of sp³-hybridized carbons (Fsp3) is 0.333. The van der Waals surface area contributed by atoms with Crippen molar-refractivity contribution < 1.29 is 13.2 Å². The van der Waals surface area contributed by atoms with E-state index in [4.69, 9.17) is 0 Å². The van der Waals surface area contributed by atoms with Gasteiger partial charge in [0.05, 0.1) is 17.9 Å². The van der Waals surface area contributed by atoms with E-state index in [0.29, 0.717) is 17.1 Å². The molecule has 1 amide bonds. The van der Waals surface area contributed by atoms with Gasteiger partial charge in [-0.05, 0) is 32.9 Å². The molecule has 1 aromatic carbocycles. The highest BCUT2D eigenvalue weighted by Crippen LogP contribution is 2.20. The van der Waals surface area contributed by atoms with Crippen molar-refractivity contribution in [3.63, 3.8) is 0 Å². The predicted molar refractivity (Wildman–Crippen MR) is 87.7 cm³/mol. The van der Waals surface area contributed by atoms with Crippen LogP contribution in [-0.4, -0.2) is 42.4 Å². The standard InChI is InChI=1S/C15H20N4O3S/c1-10-5-7-13(8-6-10)16-14(20)9-19(4)23(21,22)15-11(2)17-18-12(15)3/h5-8H,9H2,1-4H3,(H,16,20)(H,17,18). The monoisotopic (exact) mass is 336 g/mol. The Morgan fingerprint density at radius 1 is 1.22 bits per heavy atom. The average molecular weight is 336 g/mol. The second-order valence-corrected chi connectivity index (χ2v) is 7.42. The average Bonchev–Trinajstić information content (AvgIpc) is 2.81. The largest absolute Gasteiger partial charge is 0.325 e. The second-order valence-electron chi connectivity index (χ2n) is 5.44. The molecule has 2 rings (SSSR count). The summed E-state index contributed by atoms with van der Waals surface area (Å²) in [7, 11) is -2.40. The Balaban J connectivity index is 2.10. The molecule has 0 bridgehead atoms. The number of hydrogen-bond acceptors (Lipinski definition) is 4. The summed E-state index contributed by atoms with van der Waals surface area (Å²) in [6.45, 7) is 4.91. The Labute approximate surface area is 135 Å². The highest BCUT2D eigenvalue weighted by molar-refractivity contribution is 7.89. The number of amides is 1. The van der Waals surface area contributed by atoms with E-state index >= 15 is 0 Å². The Kier molecular flexibility index (Phi) is 4.86. The summed E-state index contributed by atoms with van der Waals surface area (Å²) < 4.78 is 26.1. The van der Waals surface area contributed by atoms with Crippen LogP contribution in [0.5, 0.6) is 0 Å². The number of likely N-dealkylation sites (N-methyl/N-ethyl adjacent to an activating group) is 1. The first-order valence-corrected chi connectivity index (χ1v) is 8.50. The number of nitrogens with one attached hydrogen (secondary N) is 2. The third-order valence-corrected chi connectivity index (χ3v) is 5.50. The van der Waals surface area contributed by atoms with Crippen LogP contribution in [0.15, 0.2) is 29.2 Å². The molecule has 1 aromatic heterocycles. The van der Waals surface area contributed by atoms with Crippen molar-refractivity contribution in [3.05, 3.63) is 41.2 Å². The van der Waals surface area contributed by atoms with Gasteiger partial charge in [-0.25, -0.2) is 8.42 Å². The molecule has 23 heavy (non-hydrogen) atoms. The Morgan fingerprint density at radius 2 is 1.83 bits per heavy atom. The summed E-state index contributed by atoms with van der Waals surface area (Å²) in [4.78, 5) is 12.2. The van der Waals surface area contributed by atoms with Gasteiger partial charge in [0.1, 0.15) is 4.90 Å². The summed E-state index contributed by atoms with van der Waals surface area (Å²) in [5.74, 6) is -0.404. The van der Waals surface area contributed by atoms with Crippen LogP contribution in [0.25, 0.3) is 0 Å². The lowest BCUT2D eigenvalue weighted by molar-refractivity contribution is -0.116. The van der Waals surface area contributed by atoms with Gasteiger partial charge in [0, 0.05) is 12.7 Å². The van der Waals surface area contributed by atoms with E-state index in [1.54, 1.807) is 26.0 Å². The third kappa shape index (κ3) is 3.77. The quantitative estimate of drug-likeness (QED) is 0.867. The van der Waals surface area contributed by atoms with Crippen molar-refractivity contribution in [3.8, 4) is 0 Å². The number of rotatable bonds is 5. The molecule has 0 saturated carbocycles. The van der Waals surface area contributed by atoms with E-state index in [2.05, 4.69) is 15.5 Å². The lowest BCUT2D eigenvalue weighted by Gasteiger charge is -2.17. The van der Waals surface area contributed by atoms with Gasteiger partial charge < -0.3 is 5.32 Å². The van der Waals surface area contributed by atoms with Gasteiger partial charge in [-0.1, -0.05) is 17.7 Å². The molecule has 0 aliphatic carbocycles. The van der Waals surface area contributed by atoms with Gasteiger partial charge in [0.25, 0.3) is 0 Å². The zero-order valence-corrected chi connectivity index (χ0v) is 14.4. The van der Waals surface area contributed by atoms with E-state index in [1.165, 1.54) is 7.05 Å². The Morgan fingerprint density at radius 3 is 2.35 bits per heavy atom. The van der Waals surface area contributed by atoms with Crippen molar-refractivity contribution >= 4 is 21.6 Å². The minimum atomic E-state index is -3.77. The van der Waals surface area contributed by atoms with Crippen LogP contribution in [0.2, 0.25) is 0 Å². The third-order valence-electron chi connectivity index (χ3n) is 3.43. The highest BCUT2D eigenvalue weighted by atomic mass is 32.2. The fourth-order valence-electron chi connectivity index (χ4n) is 2.20. The van der Waals surface area contributed by atoms with Gasteiger partial charge in [-0.2, -0.15) is 9.40 Å². The van der Waals surface area contributed by atoms with E-state index in [0.717, 1.165) is 9.87 Å². The van der Waals surface area contributed by atoms with Crippen molar-refractivity contribution in [2.75, 3.05) is 18.9 Å². The number of sulfonamides is 1. The maximum absolute atomic E-state index is 12.6. The van der Waals surface area contributed by atoms with Crippen LogP contribution in [0.1, 0.15) is 17.0 Å². The Hall–Kier alpha value is -2.19. The molecular formula is C15H20N4O3S. The van der Waals surface area contributed by atoms with Crippen LogP contribution in [0, 0.1) is 20.8 Å². The summed E-state index contributed by atoms with van der Waals surface area (Å²) in [5.41, 5.74) is 2.54. The van der Waals surface area contributed by atoms with Crippen LogP contribution in [-0.2, 0) is 14.8 Å². The van der Waals surface area contributed by atoms with Crippen LogP contribution in [0.4, 0.5) is 5.69 Å². The predicted octanol–water partition coefficient (Wildman–Crippen LogP) is 1.59. The zero-order valence-electron chi connectivity index (χ0n) is 13.5. The molecule has 0 aliphatic rings. The molecule has 2 aromatic rings. The number of aromatic amines is 1. The molecule has 2 N–H and O–H groups in total. The number of hydrogen-bond donors (Lipinski definition) is 2. The van der Waals surface area contributed by atoms with E-state index in [-0.39, 0.29) is 11.4 Å². The smallest absolute Gasteiger partial charge is 0.246 e. The second kappa shape index (κ2) is 6.51. The molecule has 0 aliphatic heterocycles. The number of aryl methyl sites for hydroxylation is 3. The summed E-state index contributed by atoms with van der Waals surface area (Å²) in [5, 5.41) is 9.21. The van der Waals surface area contributed by atoms with Crippen molar-refractivity contribution in [1.82, 2.24) is 14.5 Å². The van der Waals surface area contributed by atoms with Gasteiger partial charge in [-0.15, -0.1) is 0 Å². The number of carbonyl (C=O) groups is 1. The molecule has 0 spiro atoms. The summed E-state index contributed by atoms with van der Waals surface area (Å²) >= 11 is 0. The van der Waals surface area contributed by atoms with Crippen molar-refractivity contribution in [1.29, 1.82) is 0 Å². The zero-order chi connectivity index (χ0) is 17.2. The number of H-pyrrole nitrogens is 1. The number of carbonyl (C=O) groups excluding carboxylic acids is 1. The molecule has 0 saturated heterocycles. The molecule has 7 nitrogen and oxygen atoms in total. The first-order valence-electron chi connectivity index (χ1n) is 7.06. The van der Waals surface area contributed by atoms with Crippen LogP contribution in [0.3, 0.4) is 0 Å². The molecule has 0 unspecified atom stereocenters. The lowest BCUT2D eigenvalue weighted by Crippen LogP contribution is -2.35. The summed E-state index contributed by atoms with van der Waals surface area (Å²) in [6, 6.07) is 7.28. The van der Waals surface area contributed by atoms with E-state index < -0.39 is 15.9 Å². The van der Waals surface area contributed by atoms with Gasteiger partial charge in [-0.3, -0.25) is 9.89 Å². The maximum Gasteiger partial charge on any atom is 0.246 e. The number of benzene rings is 1. The summed E-state index contributed by atoms with van der Waals surface area (Å²) in [6.07, 6.45) is 0. The fourth-order valence-corrected chi connectivity index (χ4v) is 3.65. The molecule has 0 fully saturated rings. The molecule has 8 heteroatoms. The molecule has 1 heterocycles. The Bertz CT molecular complexity index is 790. The van der Waals surface area contributed by atoms with Gasteiger partial charge >= 0.3 is 0 Å². The number of anilines is 1. The van der Waals surface area contributed by atoms with Crippen molar-refractivity contribution in [2.24, 2.45) is 0 Å². The van der Waals surface area contributed by atoms with Crippen molar-refractivity contribution in [2.45, 2.75) is 25.7 Å². The maximum atomic E-state index is 12.6. The van der Waals surface area contributed by atoms with Crippen LogP contribution < -0.4 is 5.32 Å². The topological polar surface area (TPSA) is 95.2 Å². The van der Waals surface area contributed by atoms with Gasteiger partial charge in [0.2, 0.25) is 15.9 Å². The SMILES string of the molecule is Cc1ccc(NC(=O)CN(C)S(=O)(=O)c2c(C)n[nH]c2C)cc1. The molecular weight excluding hydrogens is 316 g/mol. The lowest BCUT2D eigenvalue weighted by atomic mass is 10.2. The van der Waals surface area contributed by atoms with Crippen LogP contribution >= 0.6 is 0 Å². The van der Waals surface area contributed by atoms with E-state index in [9.17, 15) is 13.2 Å². The number of nitrogens with zero attached hydrogens (tertiary/aromatic N) is 2.